The highest BCUT2D eigenvalue weighted by molar-refractivity contribution is 5.88. The topological polar surface area (TPSA) is 93.5 Å². The molecule has 0 bridgehead atoms. The summed E-state index contributed by atoms with van der Waals surface area (Å²) in [7, 11) is 0. The Morgan fingerprint density at radius 2 is 2.22 bits per heavy atom. The molecule has 0 heterocycles. The molecule has 0 aliphatic rings. The normalized spacial score (nSPS) is 7.56. The Morgan fingerprint density at radius 1 is 1.67 bits per heavy atom. The number of hydrazone groups is 1. The quantitative estimate of drug-likeness (QED) is 0.182. The number of nitrogens with one attached hydrogen (secondary N) is 1. The van der Waals surface area contributed by atoms with Crippen molar-refractivity contribution in [1.82, 2.24) is 5.43 Å². The highest BCUT2D eigenvalue weighted by Gasteiger charge is 1.86. The third kappa shape index (κ3) is 4.33. The molecule has 50 valence electrons. The van der Waals surface area contributed by atoms with Gasteiger partial charge in [0.05, 0.1) is 0 Å². The minimum Gasteiger partial charge on any atom is -0.369 e. The van der Waals surface area contributed by atoms with Gasteiger partial charge in [-0.1, -0.05) is 6.58 Å². The van der Waals surface area contributed by atoms with Crippen LogP contribution in [0.15, 0.2) is 17.8 Å². The SMILES string of the molecule is C=CC(=O)NN=C(N)N. The molecule has 0 aromatic heterocycles. The molecule has 0 unspecified atom stereocenters. The summed E-state index contributed by atoms with van der Waals surface area (Å²) in [5.41, 5.74) is 11.8. The molecule has 0 aliphatic carbocycles. The number of carbonyl (C=O) groups excluding carboxylic acids is 1. The summed E-state index contributed by atoms with van der Waals surface area (Å²) in [6, 6.07) is 0. The molecule has 0 radical (unpaired) electrons. The van der Waals surface area contributed by atoms with E-state index < -0.39 is 5.91 Å². The van der Waals surface area contributed by atoms with Crippen LogP contribution in [0.1, 0.15) is 0 Å². The number of hydrogen-bond acceptors (Lipinski definition) is 2. The Balaban J connectivity index is 3.63. The lowest BCUT2D eigenvalue weighted by Gasteiger charge is -1.91. The van der Waals surface area contributed by atoms with Crippen molar-refractivity contribution in [1.29, 1.82) is 0 Å². The van der Waals surface area contributed by atoms with Gasteiger partial charge in [0, 0.05) is 0 Å². The van der Waals surface area contributed by atoms with Gasteiger partial charge in [0.1, 0.15) is 0 Å². The number of nitrogens with two attached hydrogens (primary N) is 2. The number of carbonyl (C=O) groups is 1. The number of guanidine groups is 1. The molecule has 9 heavy (non-hydrogen) atoms. The highest BCUT2D eigenvalue weighted by atomic mass is 16.2. The van der Waals surface area contributed by atoms with Crippen molar-refractivity contribution in [3.05, 3.63) is 12.7 Å². The van der Waals surface area contributed by atoms with E-state index in [4.69, 9.17) is 11.5 Å². The zero-order chi connectivity index (χ0) is 7.28. The first kappa shape index (κ1) is 7.48. The minimum atomic E-state index is -0.441. The van der Waals surface area contributed by atoms with Crippen LogP contribution < -0.4 is 16.9 Å². The smallest absolute Gasteiger partial charge is 0.263 e. The monoisotopic (exact) mass is 128 g/mol. The number of nitrogens with zero attached hydrogens (tertiary/aromatic N) is 1. The maximum Gasteiger partial charge on any atom is 0.263 e. The first-order valence-electron chi connectivity index (χ1n) is 2.18. The van der Waals surface area contributed by atoms with E-state index in [1.807, 2.05) is 5.43 Å². The first-order chi connectivity index (χ1) is 4.16. The summed E-state index contributed by atoms with van der Waals surface area (Å²) in [5.74, 6) is -0.631. The first-order valence-corrected chi connectivity index (χ1v) is 2.18. The Kier molecular flexibility index (Phi) is 2.89. The summed E-state index contributed by atoms with van der Waals surface area (Å²) < 4.78 is 0. The standard InChI is InChI=1S/C4H8N4O/c1-2-3(9)7-8-4(5)6/h2H,1H2,(H,7,9)(H4,5,6,8). The van der Waals surface area contributed by atoms with Crippen molar-refractivity contribution in [3.8, 4) is 0 Å². The molecular formula is C4H8N4O. The average molecular weight is 128 g/mol. The van der Waals surface area contributed by atoms with Gasteiger partial charge in [0.2, 0.25) is 5.96 Å². The predicted molar refractivity (Wildman–Crippen MR) is 34.1 cm³/mol. The molecule has 0 saturated carbocycles. The van der Waals surface area contributed by atoms with E-state index >= 15 is 0 Å². The Bertz CT molecular complexity index is 147. The van der Waals surface area contributed by atoms with E-state index in [0.717, 1.165) is 6.08 Å². The molecule has 0 aromatic carbocycles. The molecule has 0 fully saturated rings. The molecule has 0 spiro atoms. The number of rotatable bonds is 2. The van der Waals surface area contributed by atoms with Crippen molar-refractivity contribution in [3.63, 3.8) is 0 Å². The molecule has 0 rings (SSSR count). The lowest BCUT2D eigenvalue weighted by Crippen LogP contribution is -2.28. The molecule has 0 atom stereocenters. The van der Waals surface area contributed by atoms with Gasteiger partial charge in [0.15, 0.2) is 0 Å². The van der Waals surface area contributed by atoms with E-state index in [1.54, 1.807) is 0 Å². The third-order valence-corrected chi connectivity index (χ3v) is 0.481. The van der Waals surface area contributed by atoms with Gasteiger partial charge >= 0.3 is 0 Å². The van der Waals surface area contributed by atoms with E-state index in [-0.39, 0.29) is 5.96 Å². The molecule has 0 aliphatic heterocycles. The zero-order valence-electron chi connectivity index (χ0n) is 4.79. The summed E-state index contributed by atoms with van der Waals surface area (Å²) in [4.78, 5) is 10.3. The number of amides is 1. The van der Waals surface area contributed by atoms with Crippen LogP contribution in [0.25, 0.3) is 0 Å². The third-order valence-electron chi connectivity index (χ3n) is 0.481. The molecule has 5 nitrogen and oxygen atoms in total. The van der Waals surface area contributed by atoms with E-state index in [9.17, 15) is 4.79 Å². The van der Waals surface area contributed by atoms with Crippen LogP contribution >= 0.6 is 0 Å². The Hall–Kier alpha value is -1.52. The maximum absolute atomic E-state index is 10.3. The van der Waals surface area contributed by atoms with Gasteiger partial charge in [-0.05, 0) is 6.08 Å². The Morgan fingerprint density at radius 3 is 2.56 bits per heavy atom. The largest absolute Gasteiger partial charge is 0.369 e. The molecule has 0 saturated heterocycles. The zero-order valence-corrected chi connectivity index (χ0v) is 4.79. The second-order valence-electron chi connectivity index (χ2n) is 1.22. The summed E-state index contributed by atoms with van der Waals surface area (Å²) in [6.45, 7) is 3.18. The van der Waals surface area contributed by atoms with Gasteiger partial charge < -0.3 is 11.5 Å². The van der Waals surface area contributed by atoms with E-state index in [0.29, 0.717) is 0 Å². The van der Waals surface area contributed by atoms with E-state index in [1.165, 1.54) is 0 Å². The van der Waals surface area contributed by atoms with Crippen LogP contribution in [0.4, 0.5) is 0 Å². The van der Waals surface area contributed by atoms with E-state index in [2.05, 4.69) is 11.7 Å². The minimum absolute atomic E-state index is 0.190. The maximum atomic E-state index is 10.3. The fourth-order valence-corrected chi connectivity index (χ4v) is 0.165. The fourth-order valence-electron chi connectivity index (χ4n) is 0.165. The van der Waals surface area contributed by atoms with Gasteiger partial charge in [0.25, 0.3) is 5.91 Å². The van der Waals surface area contributed by atoms with Crippen LogP contribution in [0, 0.1) is 0 Å². The van der Waals surface area contributed by atoms with Gasteiger partial charge in [-0.25, -0.2) is 5.43 Å². The van der Waals surface area contributed by atoms with Crippen molar-refractivity contribution in [2.24, 2.45) is 16.6 Å². The van der Waals surface area contributed by atoms with Crippen LogP contribution in [-0.2, 0) is 4.79 Å². The van der Waals surface area contributed by atoms with Crippen molar-refractivity contribution >= 4 is 11.9 Å². The lowest BCUT2D eigenvalue weighted by molar-refractivity contribution is -0.116. The van der Waals surface area contributed by atoms with Gasteiger partial charge in [-0.15, -0.1) is 5.10 Å². The van der Waals surface area contributed by atoms with Crippen LogP contribution in [-0.4, -0.2) is 11.9 Å². The van der Waals surface area contributed by atoms with Crippen molar-refractivity contribution in [2.45, 2.75) is 0 Å². The van der Waals surface area contributed by atoms with Crippen molar-refractivity contribution < 1.29 is 4.79 Å². The summed E-state index contributed by atoms with van der Waals surface area (Å²) in [6.07, 6.45) is 1.06. The van der Waals surface area contributed by atoms with Crippen LogP contribution in [0.3, 0.4) is 0 Å². The number of hydrogen-bond donors (Lipinski definition) is 3. The molecule has 1 amide bonds. The highest BCUT2D eigenvalue weighted by Crippen LogP contribution is 1.63. The fraction of sp³-hybridized carbons (Fsp3) is 0. The average Bonchev–Trinajstić information content (AvgIpc) is 1.83. The predicted octanol–water partition coefficient (Wildman–Crippen LogP) is -1.52. The summed E-state index contributed by atoms with van der Waals surface area (Å²) in [5, 5.41) is 3.20. The second kappa shape index (κ2) is 3.48. The Labute approximate surface area is 52.4 Å². The van der Waals surface area contributed by atoms with Crippen molar-refractivity contribution in [2.75, 3.05) is 0 Å². The molecule has 0 aromatic rings. The van der Waals surface area contributed by atoms with Crippen LogP contribution in [0.2, 0.25) is 0 Å². The lowest BCUT2D eigenvalue weighted by atomic mass is 10.6. The molecular weight excluding hydrogens is 120 g/mol. The summed E-state index contributed by atoms with van der Waals surface area (Å²) >= 11 is 0. The van der Waals surface area contributed by atoms with Crippen LogP contribution in [0.5, 0.6) is 0 Å². The second-order valence-corrected chi connectivity index (χ2v) is 1.22. The molecule has 5 heteroatoms. The van der Waals surface area contributed by atoms with Gasteiger partial charge in [-0.3, -0.25) is 4.79 Å². The van der Waals surface area contributed by atoms with Gasteiger partial charge in [-0.2, -0.15) is 0 Å². The molecule has 5 N–H and O–H groups in total.